The van der Waals surface area contributed by atoms with Gasteiger partial charge in [-0.25, -0.2) is 4.98 Å². The molecule has 0 bridgehead atoms. The Morgan fingerprint density at radius 3 is 3.00 bits per heavy atom. The van der Waals surface area contributed by atoms with Gasteiger partial charge in [0.1, 0.15) is 6.26 Å². The number of benzene rings is 1. The van der Waals surface area contributed by atoms with Crippen LogP contribution in [0.4, 0.5) is 0 Å². The Labute approximate surface area is 163 Å². The van der Waals surface area contributed by atoms with Crippen molar-refractivity contribution in [3.05, 3.63) is 71.3 Å². The lowest BCUT2D eigenvalue weighted by atomic mass is 10.1. The van der Waals surface area contributed by atoms with Crippen LogP contribution < -0.4 is 5.32 Å². The number of pyridine rings is 1. The molecule has 3 aromatic rings. The second-order valence-electron chi connectivity index (χ2n) is 6.13. The molecule has 1 aliphatic heterocycles. The van der Waals surface area contributed by atoms with Gasteiger partial charge < -0.3 is 9.73 Å². The van der Waals surface area contributed by atoms with Crippen LogP contribution in [0.15, 0.2) is 59.5 Å². The zero-order valence-corrected chi connectivity index (χ0v) is 15.7. The first-order chi connectivity index (χ1) is 12.3. The van der Waals surface area contributed by atoms with Gasteiger partial charge in [0.05, 0.1) is 5.69 Å². The number of nitrogens with one attached hydrogen (secondary N) is 1. The summed E-state index contributed by atoms with van der Waals surface area (Å²) in [6, 6.07) is 11.9. The highest BCUT2D eigenvalue weighted by molar-refractivity contribution is 6.30. The fourth-order valence-electron chi connectivity index (χ4n) is 3.18. The maximum atomic E-state index is 6.05. The lowest BCUT2D eigenvalue weighted by Crippen LogP contribution is -2.45. The van der Waals surface area contributed by atoms with E-state index in [1.165, 1.54) is 5.56 Å². The Bertz CT molecular complexity index is 840. The monoisotopic (exact) mass is 390 g/mol. The molecule has 3 heterocycles. The highest BCUT2D eigenvalue weighted by Crippen LogP contribution is 2.26. The fraction of sp³-hybridized carbons (Fsp3) is 0.263. The first-order valence-electron chi connectivity index (χ1n) is 8.34. The number of halogens is 2. The number of piperazine rings is 1. The fourth-order valence-corrected chi connectivity index (χ4v) is 3.37. The summed E-state index contributed by atoms with van der Waals surface area (Å²) in [5, 5.41) is 4.14. The van der Waals surface area contributed by atoms with Crippen LogP contribution in [0.2, 0.25) is 5.02 Å². The van der Waals surface area contributed by atoms with Gasteiger partial charge in [-0.1, -0.05) is 23.7 Å². The number of oxazole rings is 1. The van der Waals surface area contributed by atoms with E-state index in [0.717, 1.165) is 37.4 Å². The summed E-state index contributed by atoms with van der Waals surface area (Å²) in [6.45, 7) is 3.57. The average Bonchev–Trinajstić information content (AvgIpc) is 3.12. The van der Waals surface area contributed by atoms with Crippen LogP contribution in [0.1, 0.15) is 17.3 Å². The number of rotatable bonds is 4. The second-order valence-corrected chi connectivity index (χ2v) is 6.57. The summed E-state index contributed by atoms with van der Waals surface area (Å²) in [6.07, 6.45) is 5.47. The summed E-state index contributed by atoms with van der Waals surface area (Å²) >= 11 is 6.05. The molecule has 2 aromatic heterocycles. The Balaban J connectivity index is 0.00000196. The molecule has 0 spiro atoms. The van der Waals surface area contributed by atoms with Crippen molar-refractivity contribution in [1.29, 1.82) is 0 Å². The van der Waals surface area contributed by atoms with E-state index >= 15 is 0 Å². The van der Waals surface area contributed by atoms with E-state index in [1.807, 2.05) is 36.5 Å². The SMILES string of the molecule is Cl.Clc1cccc(-c2nc(CN3CCNCC3c3cccnc3)co2)c1. The van der Waals surface area contributed by atoms with Gasteiger partial charge >= 0.3 is 0 Å². The van der Waals surface area contributed by atoms with Gasteiger partial charge in [0.2, 0.25) is 5.89 Å². The maximum Gasteiger partial charge on any atom is 0.226 e. The molecule has 0 aliphatic carbocycles. The van der Waals surface area contributed by atoms with E-state index < -0.39 is 0 Å². The zero-order valence-electron chi connectivity index (χ0n) is 14.1. The maximum absolute atomic E-state index is 6.05. The number of nitrogens with zero attached hydrogens (tertiary/aromatic N) is 3. The molecule has 1 unspecified atom stereocenters. The predicted octanol–water partition coefficient (Wildman–Crippen LogP) is 3.96. The Morgan fingerprint density at radius 1 is 1.27 bits per heavy atom. The normalized spacial score (nSPS) is 17.7. The summed E-state index contributed by atoms with van der Waals surface area (Å²) in [5.41, 5.74) is 3.03. The molecular formula is C19H20Cl2N4O. The van der Waals surface area contributed by atoms with E-state index in [-0.39, 0.29) is 18.4 Å². The van der Waals surface area contributed by atoms with E-state index in [2.05, 4.69) is 26.3 Å². The second kappa shape index (κ2) is 8.64. The van der Waals surface area contributed by atoms with Gasteiger partial charge in [-0.3, -0.25) is 9.88 Å². The zero-order chi connectivity index (χ0) is 17.1. The summed E-state index contributed by atoms with van der Waals surface area (Å²) in [5.74, 6) is 0.602. The third-order valence-corrected chi connectivity index (χ3v) is 4.65. The van der Waals surface area contributed by atoms with Crippen LogP contribution in [-0.4, -0.2) is 34.5 Å². The van der Waals surface area contributed by atoms with Gasteiger partial charge in [0, 0.05) is 55.2 Å². The smallest absolute Gasteiger partial charge is 0.226 e. The van der Waals surface area contributed by atoms with E-state index in [4.69, 9.17) is 16.0 Å². The van der Waals surface area contributed by atoms with Crippen molar-refractivity contribution in [3.63, 3.8) is 0 Å². The minimum Gasteiger partial charge on any atom is -0.444 e. The largest absolute Gasteiger partial charge is 0.444 e. The van der Waals surface area contributed by atoms with Crippen molar-refractivity contribution in [2.24, 2.45) is 0 Å². The summed E-state index contributed by atoms with van der Waals surface area (Å²) < 4.78 is 5.66. The number of hydrogen-bond acceptors (Lipinski definition) is 5. The molecule has 1 saturated heterocycles. The lowest BCUT2D eigenvalue weighted by Gasteiger charge is -2.35. The molecule has 7 heteroatoms. The molecule has 136 valence electrons. The van der Waals surface area contributed by atoms with Gasteiger partial charge in [0.25, 0.3) is 0 Å². The van der Waals surface area contributed by atoms with E-state index in [9.17, 15) is 0 Å². The number of hydrogen-bond donors (Lipinski definition) is 1. The molecular weight excluding hydrogens is 371 g/mol. The molecule has 1 atom stereocenters. The lowest BCUT2D eigenvalue weighted by molar-refractivity contribution is 0.151. The third-order valence-electron chi connectivity index (χ3n) is 4.41. The van der Waals surface area contributed by atoms with Crippen LogP contribution in [0.5, 0.6) is 0 Å². The van der Waals surface area contributed by atoms with Crippen LogP contribution in [0, 0.1) is 0 Å². The highest BCUT2D eigenvalue weighted by Gasteiger charge is 2.25. The van der Waals surface area contributed by atoms with Gasteiger partial charge in [-0.05, 0) is 29.8 Å². The molecule has 26 heavy (non-hydrogen) atoms. The summed E-state index contributed by atoms with van der Waals surface area (Å²) in [7, 11) is 0. The Morgan fingerprint density at radius 2 is 2.19 bits per heavy atom. The van der Waals surface area contributed by atoms with Crippen LogP contribution in [-0.2, 0) is 6.54 Å². The minimum absolute atomic E-state index is 0. The summed E-state index contributed by atoms with van der Waals surface area (Å²) in [4.78, 5) is 11.3. The van der Waals surface area contributed by atoms with Crippen molar-refractivity contribution in [3.8, 4) is 11.5 Å². The number of aromatic nitrogens is 2. The van der Waals surface area contributed by atoms with Crippen molar-refractivity contribution in [2.45, 2.75) is 12.6 Å². The predicted molar refractivity (Wildman–Crippen MR) is 104 cm³/mol. The van der Waals surface area contributed by atoms with Crippen molar-refractivity contribution >= 4 is 24.0 Å². The molecule has 1 fully saturated rings. The van der Waals surface area contributed by atoms with Gasteiger partial charge in [-0.2, -0.15) is 0 Å². The molecule has 4 rings (SSSR count). The molecule has 1 N–H and O–H groups in total. The van der Waals surface area contributed by atoms with Crippen molar-refractivity contribution in [1.82, 2.24) is 20.2 Å². The van der Waals surface area contributed by atoms with Crippen molar-refractivity contribution in [2.75, 3.05) is 19.6 Å². The average molecular weight is 391 g/mol. The standard InChI is InChI=1S/C19H19ClN4O.ClH/c20-16-5-1-3-14(9-16)19-23-17(13-25-19)12-24-8-7-22-11-18(24)15-4-2-6-21-10-15;/h1-6,9-10,13,18,22H,7-8,11-12H2;1H. The molecule has 0 radical (unpaired) electrons. The quantitative estimate of drug-likeness (QED) is 0.730. The van der Waals surface area contributed by atoms with Crippen molar-refractivity contribution < 1.29 is 4.42 Å². The molecule has 5 nitrogen and oxygen atoms in total. The molecule has 1 aliphatic rings. The Hall–Kier alpha value is -1.92. The van der Waals surface area contributed by atoms with E-state index in [0.29, 0.717) is 10.9 Å². The third kappa shape index (κ3) is 4.24. The first kappa shape index (κ1) is 18.9. The molecule has 0 saturated carbocycles. The highest BCUT2D eigenvalue weighted by atomic mass is 35.5. The van der Waals surface area contributed by atoms with Crippen LogP contribution >= 0.6 is 24.0 Å². The van der Waals surface area contributed by atoms with Gasteiger partial charge in [-0.15, -0.1) is 12.4 Å². The topological polar surface area (TPSA) is 54.2 Å². The Kier molecular flexibility index (Phi) is 6.27. The van der Waals surface area contributed by atoms with Crippen LogP contribution in [0.3, 0.4) is 0 Å². The van der Waals surface area contributed by atoms with Crippen LogP contribution in [0.25, 0.3) is 11.5 Å². The first-order valence-corrected chi connectivity index (χ1v) is 8.72. The molecule has 1 aromatic carbocycles. The minimum atomic E-state index is 0. The van der Waals surface area contributed by atoms with E-state index in [1.54, 1.807) is 12.5 Å². The van der Waals surface area contributed by atoms with Gasteiger partial charge in [0.15, 0.2) is 0 Å². The molecule has 0 amide bonds.